The van der Waals surface area contributed by atoms with Crippen LogP contribution in [0.25, 0.3) is 0 Å². The van der Waals surface area contributed by atoms with E-state index in [0.29, 0.717) is 5.30 Å². The summed E-state index contributed by atoms with van der Waals surface area (Å²) >= 11 is 0. The van der Waals surface area contributed by atoms with E-state index >= 15 is 0 Å². The van der Waals surface area contributed by atoms with Crippen molar-refractivity contribution in [3.05, 3.63) is 23.2 Å². The number of rotatable bonds is 4. The quantitative estimate of drug-likeness (QED) is 0.471. The van der Waals surface area contributed by atoms with E-state index in [4.69, 9.17) is 15.9 Å². The van der Waals surface area contributed by atoms with Crippen LogP contribution in [0.2, 0.25) is 0 Å². The van der Waals surface area contributed by atoms with Crippen molar-refractivity contribution in [1.29, 1.82) is 0 Å². The van der Waals surface area contributed by atoms with E-state index in [1.54, 1.807) is 11.9 Å². The van der Waals surface area contributed by atoms with Gasteiger partial charge in [0.25, 0.3) is 0 Å². The summed E-state index contributed by atoms with van der Waals surface area (Å²) in [6.07, 6.45) is 0. The highest BCUT2D eigenvalue weighted by Gasteiger charge is 2.42. The van der Waals surface area contributed by atoms with Crippen molar-refractivity contribution in [1.82, 2.24) is 0 Å². The second-order valence-electron chi connectivity index (χ2n) is 2.85. The maximum absolute atomic E-state index is 11.6. The number of hydrogen-bond acceptors (Lipinski definition) is 4. The van der Waals surface area contributed by atoms with Gasteiger partial charge in [-0.2, -0.15) is 0 Å². The van der Waals surface area contributed by atoms with E-state index in [1.807, 2.05) is 0 Å². The summed E-state index contributed by atoms with van der Waals surface area (Å²) in [5.41, 5.74) is 3.10. The van der Waals surface area contributed by atoms with E-state index in [-0.39, 0.29) is 8.19 Å². The molecule has 0 radical (unpaired) electrons. The van der Waals surface area contributed by atoms with Crippen molar-refractivity contribution >= 4 is 19.9 Å². The molecular formula is C8H10NO4P. The number of carbonyl (C=O) groups excluding carboxylic acids is 1. The SMILES string of the molecule is NC(CO)(C(=O)O)C(=O)c1ccc[pH]1. The summed E-state index contributed by atoms with van der Waals surface area (Å²) in [6, 6.07) is 3.17. The average Bonchev–Trinajstić information content (AvgIpc) is 2.67. The highest BCUT2D eigenvalue weighted by Crippen LogP contribution is 2.20. The number of carbonyl (C=O) groups is 2. The first-order valence-electron chi connectivity index (χ1n) is 3.83. The smallest absolute Gasteiger partial charge is 0.334 e. The topological polar surface area (TPSA) is 101 Å². The molecule has 1 aromatic heterocycles. The Bertz CT molecular complexity index is 348. The summed E-state index contributed by atoms with van der Waals surface area (Å²) < 4.78 is 0. The molecule has 0 aliphatic rings. The minimum Gasteiger partial charge on any atom is -0.479 e. The average molecular weight is 215 g/mol. The predicted molar refractivity (Wildman–Crippen MR) is 51.9 cm³/mol. The van der Waals surface area contributed by atoms with Crippen molar-refractivity contribution in [2.45, 2.75) is 5.54 Å². The summed E-state index contributed by atoms with van der Waals surface area (Å²) in [4.78, 5) is 22.3. The summed E-state index contributed by atoms with van der Waals surface area (Å²) in [7, 11) is 0.126. The molecule has 0 aliphatic carbocycles. The molecule has 0 saturated heterocycles. The van der Waals surface area contributed by atoms with Crippen LogP contribution in [0.4, 0.5) is 0 Å². The Hall–Kier alpha value is -1.16. The van der Waals surface area contributed by atoms with Crippen LogP contribution < -0.4 is 5.73 Å². The molecule has 0 aliphatic heterocycles. The van der Waals surface area contributed by atoms with Gasteiger partial charge in [0.15, 0.2) is 5.78 Å². The van der Waals surface area contributed by atoms with Crippen LogP contribution in [0.1, 0.15) is 10.1 Å². The van der Waals surface area contributed by atoms with Crippen LogP contribution >= 0.6 is 8.19 Å². The van der Waals surface area contributed by atoms with Gasteiger partial charge >= 0.3 is 5.97 Å². The molecule has 2 atom stereocenters. The van der Waals surface area contributed by atoms with Gasteiger partial charge in [0.2, 0.25) is 5.54 Å². The number of nitrogens with two attached hydrogens (primary N) is 1. The van der Waals surface area contributed by atoms with Gasteiger partial charge in [-0.3, -0.25) is 4.79 Å². The van der Waals surface area contributed by atoms with Gasteiger partial charge in [0, 0.05) is 5.30 Å². The van der Waals surface area contributed by atoms with Gasteiger partial charge in [-0.15, -0.1) is 8.19 Å². The zero-order chi connectivity index (χ0) is 10.8. The Kier molecular flexibility index (Phi) is 3.06. The molecule has 2 unspecified atom stereocenters. The fraction of sp³-hybridized carbons (Fsp3) is 0.250. The standard InChI is InChI=1S/C8H10NO4P/c9-8(4-10,7(12)13)6(11)5-2-1-3-14-5/h1-3,10,14H,4,9H2,(H,12,13). The van der Waals surface area contributed by atoms with Crippen LogP contribution in [0.15, 0.2) is 17.9 Å². The van der Waals surface area contributed by atoms with Gasteiger partial charge in [0.05, 0.1) is 6.61 Å². The molecule has 14 heavy (non-hydrogen) atoms. The Morgan fingerprint density at radius 2 is 2.21 bits per heavy atom. The third kappa shape index (κ3) is 1.70. The molecule has 5 nitrogen and oxygen atoms in total. The first-order valence-corrected chi connectivity index (χ1v) is 4.91. The lowest BCUT2D eigenvalue weighted by Gasteiger charge is -2.19. The van der Waals surface area contributed by atoms with E-state index in [2.05, 4.69) is 0 Å². The second-order valence-corrected chi connectivity index (χ2v) is 4.01. The van der Waals surface area contributed by atoms with Gasteiger partial charge in [0.1, 0.15) is 0 Å². The maximum atomic E-state index is 11.6. The molecule has 1 aromatic rings. The first kappa shape index (κ1) is 10.9. The lowest BCUT2D eigenvalue weighted by Crippen LogP contribution is -2.57. The number of aliphatic hydroxyl groups is 1. The number of aliphatic carboxylic acids is 1. The Balaban J connectivity index is 3.03. The van der Waals surface area contributed by atoms with E-state index in [1.165, 1.54) is 6.07 Å². The van der Waals surface area contributed by atoms with E-state index in [0.717, 1.165) is 0 Å². The number of carboxylic acid groups (broad SMARTS) is 1. The van der Waals surface area contributed by atoms with Crippen LogP contribution in [-0.4, -0.2) is 34.1 Å². The monoisotopic (exact) mass is 215 g/mol. The first-order chi connectivity index (χ1) is 6.52. The maximum Gasteiger partial charge on any atom is 0.334 e. The molecular weight excluding hydrogens is 205 g/mol. The number of ketones is 1. The predicted octanol–water partition coefficient (Wildman–Crippen LogP) is -0.325. The second kappa shape index (κ2) is 3.92. The Labute approximate surface area is 81.6 Å². The molecule has 76 valence electrons. The Morgan fingerprint density at radius 3 is 2.57 bits per heavy atom. The highest BCUT2D eigenvalue weighted by atomic mass is 31.0. The molecule has 1 rings (SSSR count). The number of carboxylic acids is 1. The molecule has 4 N–H and O–H groups in total. The molecule has 0 amide bonds. The summed E-state index contributed by atoms with van der Waals surface area (Å²) in [5.74, 6) is -0.495. The minimum atomic E-state index is -2.20. The zero-order valence-electron chi connectivity index (χ0n) is 7.23. The molecule has 1 heterocycles. The van der Waals surface area contributed by atoms with Crippen LogP contribution in [-0.2, 0) is 4.79 Å². The summed E-state index contributed by atoms with van der Waals surface area (Å²) in [5, 5.41) is 17.9. The highest BCUT2D eigenvalue weighted by molar-refractivity contribution is 7.31. The third-order valence-electron chi connectivity index (χ3n) is 1.88. The van der Waals surface area contributed by atoms with E-state index in [9.17, 15) is 9.59 Å². The zero-order valence-corrected chi connectivity index (χ0v) is 8.23. The van der Waals surface area contributed by atoms with Crippen molar-refractivity contribution in [2.75, 3.05) is 6.61 Å². The largest absolute Gasteiger partial charge is 0.479 e. The van der Waals surface area contributed by atoms with Crippen molar-refractivity contribution in [3.8, 4) is 0 Å². The van der Waals surface area contributed by atoms with Crippen LogP contribution in [0.5, 0.6) is 0 Å². The lowest BCUT2D eigenvalue weighted by molar-refractivity contribution is -0.142. The molecule has 0 aromatic carbocycles. The van der Waals surface area contributed by atoms with Crippen LogP contribution in [0.3, 0.4) is 0 Å². The van der Waals surface area contributed by atoms with Crippen molar-refractivity contribution in [2.24, 2.45) is 5.73 Å². The van der Waals surface area contributed by atoms with E-state index < -0.39 is 23.9 Å². The number of hydrogen-bond donors (Lipinski definition) is 3. The lowest BCUT2D eigenvalue weighted by atomic mass is 9.95. The Morgan fingerprint density at radius 1 is 1.57 bits per heavy atom. The van der Waals surface area contributed by atoms with Crippen LogP contribution in [0, 0.1) is 0 Å². The van der Waals surface area contributed by atoms with Gasteiger partial charge in [-0.05, 0) is 11.9 Å². The minimum absolute atomic E-state index is 0.126. The van der Waals surface area contributed by atoms with Crippen molar-refractivity contribution < 1.29 is 19.8 Å². The molecule has 0 fully saturated rings. The van der Waals surface area contributed by atoms with Crippen molar-refractivity contribution in [3.63, 3.8) is 0 Å². The fourth-order valence-corrected chi connectivity index (χ4v) is 1.87. The molecule has 6 heteroatoms. The normalized spacial score (nSPS) is 15.3. The molecule has 0 saturated carbocycles. The number of Topliss-reactive ketones (excluding diaryl/α,β-unsaturated/α-hetero) is 1. The van der Waals surface area contributed by atoms with Gasteiger partial charge in [-0.25, -0.2) is 4.79 Å². The fourth-order valence-electron chi connectivity index (χ4n) is 0.948. The summed E-state index contributed by atoms with van der Waals surface area (Å²) in [6.45, 7) is -0.900. The third-order valence-corrected chi connectivity index (χ3v) is 2.94. The molecule has 0 spiro atoms. The van der Waals surface area contributed by atoms with Gasteiger partial charge < -0.3 is 15.9 Å². The molecule has 0 bridgehead atoms. The number of aliphatic hydroxyl groups excluding tert-OH is 1. The van der Waals surface area contributed by atoms with Gasteiger partial charge in [-0.1, -0.05) is 6.07 Å².